The standard InChI is InChI=1S/C16H17ClN4O2S2/c1-9-15(12-8-11(17)5-6-14(12)24-9)25(22,23)20-13-4-3-7-21-16(13)18-10(2)19-21/h5-6,8,13,20H,3-4,7H2,1-2H3. The van der Waals surface area contributed by atoms with Gasteiger partial charge in [-0.05, 0) is 44.9 Å². The molecule has 0 amide bonds. The fraction of sp³-hybridized carbons (Fsp3) is 0.375. The van der Waals surface area contributed by atoms with Crippen LogP contribution in [0.1, 0.15) is 35.4 Å². The van der Waals surface area contributed by atoms with Gasteiger partial charge >= 0.3 is 0 Å². The Morgan fingerprint density at radius 1 is 1.36 bits per heavy atom. The Morgan fingerprint density at radius 2 is 2.16 bits per heavy atom. The minimum atomic E-state index is -3.70. The number of rotatable bonds is 3. The number of aryl methyl sites for hydroxylation is 3. The maximum absolute atomic E-state index is 13.1. The molecule has 1 unspecified atom stereocenters. The largest absolute Gasteiger partial charge is 0.248 e. The first-order chi connectivity index (χ1) is 11.8. The van der Waals surface area contributed by atoms with Crippen molar-refractivity contribution in [3.8, 4) is 0 Å². The second-order valence-corrected chi connectivity index (χ2v) is 9.53. The molecule has 1 aromatic carbocycles. The Bertz CT molecular complexity index is 1070. The molecule has 3 heterocycles. The first-order valence-corrected chi connectivity index (χ1v) is 10.7. The molecule has 2 aromatic heterocycles. The van der Waals surface area contributed by atoms with Crippen molar-refractivity contribution in [1.82, 2.24) is 19.5 Å². The molecule has 0 spiro atoms. The Labute approximate surface area is 154 Å². The van der Waals surface area contributed by atoms with E-state index in [4.69, 9.17) is 11.6 Å². The van der Waals surface area contributed by atoms with Crippen molar-refractivity contribution in [2.45, 2.75) is 44.2 Å². The van der Waals surface area contributed by atoms with Crippen LogP contribution in [0.5, 0.6) is 0 Å². The van der Waals surface area contributed by atoms with Crippen LogP contribution in [0.25, 0.3) is 10.1 Å². The average Bonchev–Trinajstić information content (AvgIpc) is 3.06. The molecule has 1 atom stereocenters. The predicted molar refractivity (Wildman–Crippen MR) is 98.6 cm³/mol. The zero-order chi connectivity index (χ0) is 17.8. The van der Waals surface area contributed by atoms with Gasteiger partial charge in [0.2, 0.25) is 10.0 Å². The topological polar surface area (TPSA) is 76.9 Å². The van der Waals surface area contributed by atoms with Crippen molar-refractivity contribution in [2.75, 3.05) is 0 Å². The SMILES string of the molecule is Cc1nc2n(n1)CCCC2NS(=O)(=O)c1c(C)sc2ccc(Cl)cc12. The highest BCUT2D eigenvalue weighted by molar-refractivity contribution is 7.90. The third-order valence-corrected chi connectivity index (χ3v) is 7.42. The minimum Gasteiger partial charge on any atom is -0.248 e. The maximum Gasteiger partial charge on any atom is 0.242 e. The molecule has 0 saturated carbocycles. The van der Waals surface area contributed by atoms with Crippen molar-refractivity contribution in [2.24, 2.45) is 0 Å². The molecule has 0 aliphatic carbocycles. The van der Waals surface area contributed by atoms with Crippen molar-refractivity contribution in [3.63, 3.8) is 0 Å². The lowest BCUT2D eigenvalue weighted by molar-refractivity contribution is 0.400. The van der Waals surface area contributed by atoms with Gasteiger partial charge in [0.05, 0.1) is 6.04 Å². The van der Waals surface area contributed by atoms with Crippen molar-refractivity contribution < 1.29 is 8.42 Å². The summed E-state index contributed by atoms with van der Waals surface area (Å²) in [5.74, 6) is 1.34. The van der Waals surface area contributed by atoms with Crippen LogP contribution in [0.2, 0.25) is 5.02 Å². The second kappa shape index (κ2) is 6.05. The fourth-order valence-electron chi connectivity index (χ4n) is 3.33. The summed E-state index contributed by atoms with van der Waals surface area (Å²) in [6.45, 7) is 4.40. The molecule has 0 radical (unpaired) electrons. The van der Waals surface area contributed by atoms with Crippen molar-refractivity contribution in [3.05, 3.63) is 39.7 Å². The van der Waals surface area contributed by atoms with Gasteiger partial charge in [-0.1, -0.05) is 11.6 Å². The number of fused-ring (bicyclic) bond motifs is 2. The van der Waals surface area contributed by atoms with Crippen LogP contribution in [0, 0.1) is 13.8 Å². The first-order valence-electron chi connectivity index (χ1n) is 7.97. The quantitative estimate of drug-likeness (QED) is 0.734. The van der Waals surface area contributed by atoms with Gasteiger partial charge in [-0.25, -0.2) is 22.8 Å². The number of thiophene rings is 1. The third-order valence-electron chi connectivity index (χ3n) is 4.32. The van der Waals surface area contributed by atoms with E-state index in [1.807, 2.05) is 19.9 Å². The number of halogens is 1. The number of nitrogens with zero attached hydrogens (tertiary/aromatic N) is 3. The van der Waals surface area contributed by atoms with Gasteiger partial charge in [0.1, 0.15) is 16.5 Å². The van der Waals surface area contributed by atoms with Gasteiger partial charge < -0.3 is 0 Å². The van der Waals surface area contributed by atoms with Gasteiger partial charge in [0.25, 0.3) is 0 Å². The van der Waals surface area contributed by atoms with Crippen LogP contribution in [0.4, 0.5) is 0 Å². The molecule has 3 aromatic rings. The molecule has 6 nitrogen and oxygen atoms in total. The molecule has 1 aliphatic heterocycles. The number of sulfonamides is 1. The Balaban J connectivity index is 1.77. The molecule has 0 saturated heterocycles. The summed E-state index contributed by atoms with van der Waals surface area (Å²) in [4.78, 5) is 5.46. The van der Waals surface area contributed by atoms with Gasteiger partial charge in [0, 0.05) is 26.5 Å². The predicted octanol–water partition coefficient (Wildman–Crippen LogP) is 3.58. The summed E-state index contributed by atoms with van der Waals surface area (Å²) >= 11 is 7.53. The van der Waals surface area contributed by atoms with E-state index in [0.717, 1.165) is 22.5 Å². The molecule has 132 valence electrons. The maximum atomic E-state index is 13.1. The Kier molecular flexibility index (Phi) is 4.10. The number of nitrogens with one attached hydrogen (secondary N) is 1. The van der Waals surface area contributed by atoms with Crippen LogP contribution in [0.3, 0.4) is 0 Å². The average molecular weight is 397 g/mol. The van der Waals surface area contributed by atoms with E-state index in [-0.39, 0.29) is 6.04 Å². The fourth-order valence-corrected chi connectivity index (χ4v) is 6.51. The van der Waals surface area contributed by atoms with Gasteiger partial charge in [0.15, 0.2) is 0 Å². The van der Waals surface area contributed by atoms with Crippen molar-refractivity contribution in [1.29, 1.82) is 0 Å². The zero-order valence-corrected chi connectivity index (χ0v) is 16.2. The third kappa shape index (κ3) is 2.97. The lowest BCUT2D eigenvalue weighted by Gasteiger charge is -2.23. The molecule has 0 fully saturated rings. The summed E-state index contributed by atoms with van der Waals surface area (Å²) in [5, 5.41) is 5.51. The van der Waals surface area contributed by atoms with E-state index < -0.39 is 10.0 Å². The Hall–Kier alpha value is -1.48. The highest BCUT2D eigenvalue weighted by Gasteiger charge is 2.31. The molecular weight excluding hydrogens is 380 g/mol. The molecule has 1 N–H and O–H groups in total. The van der Waals surface area contributed by atoms with E-state index in [1.54, 1.807) is 16.8 Å². The first kappa shape index (κ1) is 17.0. The number of hydrogen-bond acceptors (Lipinski definition) is 5. The van der Waals surface area contributed by atoms with Crippen LogP contribution in [-0.2, 0) is 16.6 Å². The summed E-state index contributed by atoms with van der Waals surface area (Å²) < 4.78 is 31.8. The van der Waals surface area contributed by atoms with Gasteiger partial charge in [-0.2, -0.15) is 5.10 Å². The van der Waals surface area contributed by atoms with Crippen LogP contribution < -0.4 is 4.72 Å². The second-order valence-electron chi connectivity index (χ2n) is 6.18. The highest BCUT2D eigenvalue weighted by atomic mass is 35.5. The summed E-state index contributed by atoms with van der Waals surface area (Å²) in [7, 11) is -3.70. The van der Waals surface area contributed by atoms with Gasteiger partial charge in [-0.15, -0.1) is 11.3 Å². The van der Waals surface area contributed by atoms with E-state index in [9.17, 15) is 8.42 Å². The Morgan fingerprint density at radius 3 is 2.96 bits per heavy atom. The van der Waals surface area contributed by atoms with E-state index >= 15 is 0 Å². The molecular formula is C16H17ClN4O2S2. The highest BCUT2D eigenvalue weighted by Crippen LogP contribution is 2.36. The summed E-state index contributed by atoms with van der Waals surface area (Å²) in [6.07, 6.45) is 1.57. The minimum absolute atomic E-state index is 0.309. The lowest BCUT2D eigenvalue weighted by atomic mass is 10.1. The molecule has 4 rings (SSSR count). The normalized spacial score (nSPS) is 17.8. The smallest absolute Gasteiger partial charge is 0.242 e. The van der Waals surface area contributed by atoms with Crippen LogP contribution in [0.15, 0.2) is 23.1 Å². The summed E-state index contributed by atoms with van der Waals surface area (Å²) in [6, 6.07) is 4.97. The number of aromatic nitrogens is 3. The van der Waals surface area contributed by atoms with E-state index in [2.05, 4.69) is 14.8 Å². The molecule has 1 aliphatic rings. The van der Waals surface area contributed by atoms with Gasteiger partial charge in [-0.3, -0.25) is 0 Å². The van der Waals surface area contributed by atoms with Crippen LogP contribution >= 0.6 is 22.9 Å². The summed E-state index contributed by atoms with van der Waals surface area (Å²) in [5.41, 5.74) is 0. The lowest BCUT2D eigenvalue weighted by Crippen LogP contribution is -2.33. The number of benzene rings is 1. The van der Waals surface area contributed by atoms with E-state index in [0.29, 0.717) is 33.4 Å². The van der Waals surface area contributed by atoms with Crippen LogP contribution in [-0.4, -0.2) is 23.2 Å². The number of hydrogen-bond donors (Lipinski definition) is 1. The molecule has 0 bridgehead atoms. The molecule has 25 heavy (non-hydrogen) atoms. The monoisotopic (exact) mass is 396 g/mol. The van der Waals surface area contributed by atoms with Crippen molar-refractivity contribution >= 4 is 43.0 Å². The van der Waals surface area contributed by atoms with E-state index in [1.165, 1.54) is 11.3 Å². The zero-order valence-electron chi connectivity index (χ0n) is 13.8. The molecule has 9 heteroatoms.